The van der Waals surface area contributed by atoms with Crippen molar-refractivity contribution >= 4 is 23.3 Å². The Bertz CT molecular complexity index is 1180. The highest BCUT2D eigenvalue weighted by Crippen LogP contribution is 2.32. The number of rotatable bonds is 10. The van der Waals surface area contributed by atoms with Gasteiger partial charge in [0, 0.05) is 17.6 Å². The van der Waals surface area contributed by atoms with Crippen molar-refractivity contribution < 1.29 is 37.0 Å². The minimum absolute atomic E-state index is 0.0846. The fraction of sp³-hybridized carbons (Fsp3) is 0.360. The van der Waals surface area contributed by atoms with E-state index in [1.807, 2.05) is 0 Å². The molecule has 1 amide bonds. The number of likely N-dealkylation sites (N-methyl/N-ethyl adjacent to an activating group) is 1. The number of carbonyl (C=O) groups is 1. The summed E-state index contributed by atoms with van der Waals surface area (Å²) < 4.78 is 67.4. The maximum atomic E-state index is 14.0. The normalized spacial score (nSPS) is 15.8. The SMILES string of the molecule is C=CC(F)(F)C(O)CN1CN(CC(=O)N(C)C(CO)c2cccc(C(F)(F)F)c2)N=C1c1ccc(Cl)cc1. The smallest absolute Gasteiger partial charge is 0.394 e. The van der Waals surface area contributed by atoms with Crippen LogP contribution in [0.1, 0.15) is 22.7 Å². The molecule has 2 atom stereocenters. The molecule has 0 fully saturated rings. The van der Waals surface area contributed by atoms with Gasteiger partial charge in [0.05, 0.1) is 24.8 Å². The lowest BCUT2D eigenvalue weighted by Gasteiger charge is -2.30. The van der Waals surface area contributed by atoms with Gasteiger partial charge in [-0.25, -0.2) is 0 Å². The predicted molar refractivity (Wildman–Crippen MR) is 131 cm³/mol. The zero-order valence-corrected chi connectivity index (χ0v) is 21.0. The highest BCUT2D eigenvalue weighted by Gasteiger charge is 2.39. The molecular weight excluding hydrogens is 535 g/mol. The number of aliphatic hydroxyl groups is 2. The summed E-state index contributed by atoms with van der Waals surface area (Å²) in [6, 6.07) is 9.55. The summed E-state index contributed by atoms with van der Waals surface area (Å²) in [4.78, 5) is 15.5. The molecule has 7 nitrogen and oxygen atoms in total. The standard InChI is InChI=1S/C25H26ClF5N4O3/c1-3-24(27,28)21(37)12-34-15-35(32-23(34)16-7-9-19(26)10-8-16)13-22(38)33(2)20(14-36)17-5-4-6-18(11-17)25(29,30)31/h3-11,20-21,36-37H,1,12-15H2,2H3. The van der Waals surface area contributed by atoms with Crippen molar-refractivity contribution in [2.45, 2.75) is 24.2 Å². The van der Waals surface area contributed by atoms with Crippen molar-refractivity contribution in [2.24, 2.45) is 5.10 Å². The Morgan fingerprint density at radius 2 is 1.87 bits per heavy atom. The van der Waals surface area contributed by atoms with Crippen LogP contribution in [-0.2, 0) is 11.0 Å². The van der Waals surface area contributed by atoms with Gasteiger partial charge in [-0.05, 0) is 48.0 Å². The number of nitrogens with zero attached hydrogens (tertiary/aromatic N) is 4. The minimum Gasteiger partial charge on any atom is -0.394 e. The number of alkyl halides is 5. The van der Waals surface area contributed by atoms with Gasteiger partial charge in [-0.1, -0.05) is 30.3 Å². The first kappa shape index (κ1) is 29.3. The molecule has 1 aliphatic rings. The van der Waals surface area contributed by atoms with E-state index in [1.54, 1.807) is 24.3 Å². The van der Waals surface area contributed by atoms with Crippen LogP contribution >= 0.6 is 11.6 Å². The van der Waals surface area contributed by atoms with Crippen LogP contribution in [0.15, 0.2) is 66.3 Å². The second kappa shape index (κ2) is 11.7. The number of carbonyl (C=O) groups excluding carboxylic acids is 1. The molecule has 0 radical (unpaired) electrons. The van der Waals surface area contributed by atoms with Crippen LogP contribution in [0.5, 0.6) is 0 Å². The van der Waals surface area contributed by atoms with E-state index in [2.05, 4.69) is 11.7 Å². The molecule has 13 heteroatoms. The molecule has 0 spiro atoms. The number of hydrazone groups is 1. The number of benzene rings is 2. The Hall–Kier alpha value is -3.22. The number of aliphatic hydroxyl groups excluding tert-OH is 2. The second-order valence-corrected chi connectivity index (χ2v) is 9.12. The topological polar surface area (TPSA) is 79.6 Å². The molecule has 1 heterocycles. The molecule has 38 heavy (non-hydrogen) atoms. The van der Waals surface area contributed by atoms with Crippen molar-refractivity contribution in [2.75, 3.05) is 33.4 Å². The Morgan fingerprint density at radius 3 is 2.45 bits per heavy atom. The van der Waals surface area contributed by atoms with E-state index in [4.69, 9.17) is 11.6 Å². The molecule has 3 rings (SSSR count). The van der Waals surface area contributed by atoms with Gasteiger partial charge >= 0.3 is 6.18 Å². The van der Waals surface area contributed by atoms with Gasteiger partial charge in [-0.2, -0.15) is 27.1 Å². The first-order chi connectivity index (χ1) is 17.8. The van der Waals surface area contributed by atoms with Crippen LogP contribution in [0, 0.1) is 0 Å². The minimum atomic E-state index is -4.60. The highest BCUT2D eigenvalue weighted by molar-refractivity contribution is 6.30. The maximum absolute atomic E-state index is 14.0. The van der Waals surface area contributed by atoms with Gasteiger partial charge in [0.2, 0.25) is 5.91 Å². The molecule has 0 bridgehead atoms. The summed E-state index contributed by atoms with van der Waals surface area (Å²) in [6.45, 7) is 1.34. The van der Waals surface area contributed by atoms with Crippen molar-refractivity contribution in [3.05, 3.63) is 82.9 Å². The molecule has 0 saturated carbocycles. The van der Waals surface area contributed by atoms with Crippen LogP contribution < -0.4 is 0 Å². The zero-order chi connectivity index (χ0) is 28.3. The van der Waals surface area contributed by atoms with Gasteiger partial charge < -0.3 is 20.0 Å². The summed E-state index contributed by atoms with van der Waals surface area (Å²) in [6.07, 6.45) is -6.38. The molecule has 2 aromatic rings. The zero-order valence-electron chi connectivity index (χ0n) is 20.2. The summed E-state index contributed by atoms with van der Waals surface area (Å²) in [7, 11) is 1.33. The monoisotopic (exact) mass is 560 g/mol. The third kappa shape index (κ3) is 6.80. The van der Waals surface area contributed by atoms with Crippen LogP contribution in [0.2, 0.25) is 5.02 Å². The number of hydrogen-bond donors (Lipinski definition) is 2. The van der Waals surface area contributed by atoms with Gasteiger partial charge in [-0.3, -0.25) is 9.80 Å². The van der Waals surface area contributed by atoms with E-state index in [1.165, 1.54) is 29.1 Å². The molecule has 0 aliphatic carbocycles. The molecule has 1 aliphatic heterocycles. The van der Waals surface area contributed by atoms with Gasteiger partial charge in [-0.15, -0.1) is 0 Å². The maximum Gasteiger partial charge on any atom is 0.416 e. The second-order valence-electron chi connectivity index (χ2n) is 8.68. The van der Waals surface area contributed by atoms with Crippen molar-refractivity contribution in [1.29, 1.82) is 0 Å². The molecule has 0 aromatic heterocycles. The Balaban J connectivity index is 1.81. The van der Waals surface area contributed by atoms with Crippen LogP contribution in [0.25, 0.3) is 0 Å². The number of β-amino-alcohol motifs (C(OH)–C–C–N with tert-alkyl or cyclic N) is 1. The summed E-state index contributed by atoms with van der Waals surface area (Å²) in [5, 5.41) is 26.0. The van der Waals surface area contributed by atoms with E-state index in [-0.39, 0.29) is 24.6 Å². The number of amidine groups is 1. The van der Waals surface area contributed by atoms with E-state index >= 15 is 0 Å². The molecular formula is C25H26ClF5N4O3. The lowest BCUT2D eigenvalue weighted by Crippen LogP contribution is -2.45. The quantitative estimate of drug-likeness (QED) is 0.340. The highest BCUT2D eigenvalue weighted by atomic mass is 35.5. The molecule has 2 aromatic carbocycles. The average Bonchev–Trinajstić information content (AvgIpc) is 3.26. The summed E-state index contributed by atoms with van der Waals surface area (Å²) in [5.41, 5.74) is -0.345. The Morgan fingerprint density at radius 1 is 1.21 bits per heavy atom. The fourth-order valence-corrected chi connectivity index (χ4v) is 3.97. The van der Waals surface area contributed by atoms with Crippen LogP contribution in [0.4, 0.5) is 22.0 Å². The van der Waals surface area contributed by atoms with Crippen LogP contribution in [-0.4, -0.2) is 82.2 Å². The van der Waals surface area contributed by atoms with E-state index in [9.17, 15) is 37.0 Å². The third-order valence-corrected chi connectivity index (χ3v) is 6.28. The molecule has 2 N–H and O–H groups in total. The fourth-order valence-electron chi connectivity index (χ4n) is 3.84. The lowest BCUT2D eigenvalue weighted by molar-refractivity contribution is -0.137. The van der Waals surface area contributed by atoms with Crippen molar-refractivity contribution in [3.63, 3.8) is 0 Å². The summed E-state index contributed by atoms with van der Waals surface area (Å²) in [5.74, 6) is -3.97. The van der Waals surface area contributed by atoms with Gasteiger partial charge in [0.15, 0.2) is 5.84 Å². The largest absolute Gasteiger partial charge is 0.416 e. The van der Waals surface area contributed by atoms with E-state index in [0.29, 0.717) is 16.7 Å². The van der Waals surface area contributed by atoms with Gasteiger partial charge in [0.25, 0.3) is 5.92 Å². The van der Waals surface area contributed by atoms with Crippen LogP contribution in [0.3, 0.4) is 0 Å². The number of halogens is 6. The Kier molecular flexibility index (Phi) is 9.01. The van der Waals surface area contributed by atoms with Crippen molar-refractivity contribution in [1.82, 2.24) is 14.8 Å². The summed E-state index contributed by atoms with van der Waals surface area (Å²) >= 11 is 5.93. The average molecular weight is 561 g/mol. The first-order valence-electron chi connectivity index (χ1n) is 11.3. The molecule has 0 saturated heterocycles. The molecule has 2 unspecified atom stereocenters. The lowest BCUT2D eigenvalue weighted by atomic mass is 10.0. The predicted octanol–water partition coefficient (Wildman–Crippen LogP) is 3.97. The van der Waals surface area contributed by atoms with Crippen molar-refractivity contribution in [3.8, 4) is 0 Å². The van der Waals surface area contributed by atoms with E-state index in [0.717, 1.165) is 17.0 Å². The van der Waals surface area contributed by atoms with Gasteiger partial charge in [0.1, 0.15) is 19.3 Å². The number of amides is 1. The first-order valence-corrected chi connectivity index (χ1v) is 11.7. The Labute approximate surface area is 221 Å². The third-order valence-electron chi connectivity index (χ3n) is 6.03. The molecule has 206 valence electrons. The van der Waals surface area contributed by atoms with E-state index < -0.39 is 48.9 Å². The number of hydrogen-bond acceptors (Lipinski definition) is 6.